The summed E-state index contributed by atoms with van der Waals surface area (Å²) in [5.74, 6) is 0. The highest BCUT2D eigenvalue weighted by Gasteiger charge is 2.09. The molecule has 16 heavy (non-hydrogen) atoms. The van der Waals surface area contributed by atoms with Gasteiger partial charge in [-0.2, -0.15) is 0 Å². The maximum Gasteiger partial charge on any atom is -0.0128 e. The van der Waals surface area contributed by atoms with Gasteiger partial charge in [0.15, 0.2) is 0 Å². The molecule has 0 aliphatic carbocycles. The van der Waals surface area contributed by atoms with Crippen molar-refractivity contribution in [1.29, 1.82) is 0 Å². The van der Waals surface area contributed by atoms with Gasteiger partial charge >= 0.3 is 0 Å². The fourth-order valence-corrected chi connectivity index (χ4v) is 1.89. The smallest absolute Gasteiger partial charge is 0.0128 e. The Labute approximate surface area is 99.0 Å². The van der Waals surface area contributed by atoms with Gasteiger partial charge in [-0.15, -0.1) is 0 Å². The first-order chi connectivity index (χ1) is 7.49. The molecule has 0 amide bonds. The van der Waals surface area contributed by atoms with Gasteiger partial charge in [-0.1, -0.05) is 43.0 Å². The summed E-state index contributed by atoms with van der Waals surface area (Å²) in [6, 6.07) is 6.38. The Kier molecular flexibility index (Phi) is 3.89. The first kappa shape index (κ1) is 12.5. The zero-order chi connectivity index (χ0) is 12.3. The van der Waals surface area contributed by atoms with Crippen LogP contribution >= 0.6 is 0 Å². The molecule has 0 N–H and O–H groups in total. The van der Waals surface area contributed by atoms with Crippen molar-refractivity contribution in [3.8, 4) is 0 Å². The highest BCUT2D eigenvalue weighted by atomic mass is 14.1. The summed E-state index contributed by atoms with van der Waals surface area (Å²) in [7, 11) is 0. The molecule has 0 unspecified atom stereocenters. The molecule has 0 heterocycles. The van der Waals surface area contributed by atoms with Gasteiger partial charge in [0.05, 0.1) is 0 Å². The van der Waals surface area contributed by atoms with Crippen LogP contribution in [-0.2, 0) is 0 Å². The minimum Gasteiger partial charge on any atom is -0.0985 e. The predicted molar refractivity (Wildman–Crippen MR) is 73.5 cm³/mol. The van der Waals surface area contributed by atoms with Crippen LogP contribution in [0.2, 0.25) is 0 Å². The standard InChI is InChI=1S/C16H20/c1-7-12(4)16(11(2)3)15-10-8-9-13(5)14(15)6/h7-10H,1,4H2,2-3,5-6H3. The van der Waals surface area contributed by atoms with Gasteiger partial charge in [0.25, 0.3) is 0 Å². The highest BCUT2D eigenvalue weighted by molar-refractivity contribution is 5.84. The third-order valence-corrected chi connectivity index (χ3v) is 2.94. The van der Waals surface area contributed by atoms with Crippen LogP contribution in [0.5, 0.6) is 0 Å². The molecule has 0 spiro atoms. The quantitative estimate of drug-likeness (QED) is 0.629. The van der Waals surface area contributed by atoms with E-state index in [0.717, 1.165) is 5.57 Å². The molecular formula is C16H20. The van der Waals surface area contributed by atoms with E-state index in [2.05, 4.69) is 59.1 Å². The van der Waals surface area contributed by atoms with Crippen LogP contribution in [0.1, 0.15) is 30.5 Å². The molecule has 0 radical (unpaired) electrons. The summed E-state index contributed by atoms with van der Waals surface area (Å²) in [5.41, 5.74) is 7.39. The molecule has 1 rings (SSSR count). The molecule has 0 bridgehead atoms. The van der Waals surface area contributed by atoms with Crippen molar-refractivity contribution in [1.82, 2.24) is 0 Å². The van der Waals surface area contributed by atoms with Crippen LogP contribution in [0.25, 0.3) is 5.57 Å². The molecule has 0 heteroatoms. The zero-order valence-electron chi connectivity index (χ0n) is 10.7. The van der Waals surface area contributed by atoms with Crippen molar-refractivity contribution in [2.75, 3.05) is 0 Å². The number of rotatable bonds is 3. The topological polar surface area (TPSA) is 0 Å². The molecule has 0 fully saturated rings. The highest BCUT2D eigenvalue weighted by Crippen LogP contribution is 2.29. The Bertz CT molecular complexity index is 455. The fraction of sp³-hybridized carbons (Fsp3) is 0.250. The summed E-state index contributed by atoms with van der Waals surface area (Å²) >= 11 is 0. The van der Waals surface area contributed by atoms with Crippen LogP contribution < -0.4 is 0 Å². The van der Waals surface area contributed by atoms with Crippen molar-refractivity contribution in [2.24, 2.45) is 0 Å². The van der Waals surface area contributed by atoms with Gasteiger partial charge in [-0.25, -0.2) is 0 Å². The SMILES string of the molecule is C=CC(=C)C(=C(C)C)c1cccc(C)c1C. The van der Waals surface area contributed by atoms with Crippen molar-refractivity contribution in [2.45, 2.75) is 27.7 Å². The number of hydrogen-bond donors (Lipinski definition) is 0. The van der Waals surface area contributed by atoms with E-state index in [9.17, 15) is 0 Å². The van der Waals surface area contributed by atoms with Crippen molar-refractivity contribution < 1.29 is 0 Å². The Morgan fingerprint density at radius 2 is 1.81 bits per heavy atom. The minimum absolute atomic E-state index is 0.994. The fourth-order valence-electron chi connectivity index (χ4n) is 1.89. The van der Waals surface area contributed by atoms with Crippen LogP contribution in [0, 0.1) is 13.8 Å². The molecule has 0 saturated heterocycles. The molecule has 0 saturated carbocycles. The molecule has 0 aromatic heterocycles. The number of allylic oxidation sites excluding steroid dienone is 4. The predicted octanol–water partition coefficient (Wildman–Crippen LogP) is 4.84. The molecule has 1 aromatic carbocycles. The molecule has 0 nitrogen and oxygen atoms in total. The van der Waals surface area contributed by atoms with Gasteiger partial charge in [0, 0.05) is 0 Å². The summed E-state index contributed by atoms with van der Waals surface area (Å²) in [6.45, 7) is 16.4. The molecule has 0 atom stereocenters. The molecule has 0 aliphatic heterocycles. The minimum atomic E-state index is 0.994. The van der Waals surface area contributed by atoms with E-state index in [4.69, 9.17) is 0 Å². The molecular weight excluding hydrogens is 192 g/mol. The van der Waals surface area contributed by atoms with Crippen LogP contribution in [0.3, 0.4) is 0 Å². The van der Waals surface area contributed by atoms with Gasteiger partial charge in [-0.3, -0.25) is 0 Å². The third kappa shape index (κ3) is 2.33. The third-order valence-electron chi connectivity index (χ3n) is 2.94. The molecule has 0 aliphatic rings. The normalized spacial score (nSPS) is 9.75. The lowest BCUT2D eigenvalue weighted by Crippen LogP contribution is -1.95. The maximum atomic E-state index is 4.07. The maximum absolute atomic E-state index is 4.07. The largest absolute Gasteiger partial charge is 0.0985 e. The molecule has 1 aromatic rings. The Hall–Kier alpha value is -1.56. The number of hydrogen-bond acceptors (Lipinski definition) is 0. The van der Waals surface area contributed by atoms with E-state index in [0.29, 0.717) is 0 Å². The van der Waals surface area contributed by atoms with Crippen molar-refractivity contribution in [3.63, 3.8) is 0 Å². The Morgan fingerprint density at radius 1 is 1.19 bits per heavy atom. The van der Waals surface area contributed by atoms with Crippen molar-refractivity contribution >= 4 is 5.57 Å². The van der Waals surface area contributed by atoms with Gasteiger partial charge < -0.3 is 0 Å². The average Bonchev–Trinajstić information content (AvgIpc) is 2.24. The second-order valence-electron chi connectivity index (χ2n) is 4.35. The lowest BCUT2D eigenvalue weighted by Gasteiger charge is -2.15. The van der Waals surface area contributed by atoms with Gasteiger partial charge in [0.1, 0.15) is 0 Å². The zero-order valence-corrected chi connectivity index (χ0v) is 10.7. The summed E-state index contributed by atoms with van der Waals surface area (Å²) < 4.78 is 0. The van der Waals surface area contributed by atoms with Gasteiger partial charge in [-0.05, 0) is 55.5 Å². The monoisotopic (exact) mass is 212 g/mol. The van der Waals surface area contributed by atoms with E-state index in [1.54, 1.807) is 0 Å². The van der Waals surface area contributed by atoms with E-state index in [1.807, 2.05) is 6.08 Å². The van der Waals surface area contributed by atoms with Crippen LogP contribution in [0.15, 0.2) is 48.6 Å². The van der Waals surface area contributed by atoms with Gasteiger partial charge in [0.2, 0.25) is 0 Å². The Balaban J connectivity index is 3.46. The van der Waals surface area contributed by atoms with E-state index in [-0.39, 0.29) is 0 Å². The molecule has 84 valence electrons. The lowest BCUT2D eigenvalue weighted by atomic mass is 9.90. The summed E-state index contributed by atoms with van der Waals surface area (Å²) in [4.78, 5) is 0. The second-order valence-corrected chi connectivity index (χ2v) is 4.35. The number of aryl methyl sites for hydroxylation is 1. The first-order valence-electron chi connectivity index (χ1n) is 5.54. The Morgan fingerprint density at radius 3 is 2.31 bits per heavy atom. The second kappa shape index (κ2) is 4.98. The number of benzene rings is 1. The lowest BCUT2D eigenvalue weighted by molar-refractivity contribution is 1.29. The van der Waals surface area contributed by atoms with E-state index >= 15 is 0 Å². The summed E-state index contributed by atoms with van der Waals surface area (Å²) in [6.07, 6.45) is 1.82. The summed E-state index contributed by atoms with van der Waals surface area (Å²) in [5, 5.41) is 0. The van der Waals surface area contributed by atoms with Crippen LogP contribution in [-0.4, -0.2) is 0 Å². The van der Waals surface area contributed by atoms with E-state index in [1.165, 1.54) is 27.8 Å². The first-order valence-corrected chi connectivity index (χ1v) is 5.54. The van der Waals surface area contributed by atoms with Crippen LogP contribution in [0.4, 0.5) is 0 Å². The van der Waals surface area contributed by atoms with Crippen molar-refractivity contribution in [3.05, 3.63) is 65.3 Å². The average molecular weight is 212 g/mol. The van der Waals surface area contributed by atoms with E-state index < -0.39 is 0 Å².